The Bertz CT molecular complexity index is 553. The van der Waals surface area contributed by atoms with E-state index >= 15 is 0 Å². The van der Waals surface area contributed by atoms with Crippen molar-refractivity contribution in [3.63, 3.8) is 0 Å². The molecule has 1 aromatic rings. The minimum Gasteiger partial charge on any atom is -0.497 e. The molecule has 0 saturated carbocycles. The molecule has 0 aliphatic heterocycles. The van der Waals surface area contributed by atoms with Crippen molar-refractivity contribution >= 4 is 17.7 Å². The number of hydrogen-bond donors (Lipinski definition) is 0. The molecule has 0 aromatic heterocycles. The van der Waals surface area contributed by atoms with Crippen LogP contribution in [-0.2, 0) is 30.5 Å². The van der Waals surface area contributed by atoms with Gasteiger partial charge < -0.3 is 14.2 Å². The van der Waals surface area contributed by atoms with Crippen LogP contribution in [0.25, 0.3) is 0 Å². The Morgan fingerprint density at radius 3 is 2.13 bits per heavy atom. The normalized spacial score (nSPS) is 10.8. The monoisotopic (exact) mass is 322 g/mol. The van der Waals surface area contributed by atoms with E-state index in [9.17, 15) is 14.4 Å². The maximum Gasteiger partial charge on any atom is 0.375 e. The first-order chi connectivity index (χ1) is 10.7. The van der Waals surface area contributed by atoms with Gasteiger partial charge in [-0.15, -0.1) is 0 Å². The minimum absolute atomic E-state index is 0.101. The third-order valence-electron chi connectivity index (χ3n) is 2.74. The van der Waals surface area contributed by atoms with E-state index in [-0.39, 0.29) is 19.4 Å². The molecular formula is C17H22O6. The van der Waals surface area contributed by atoms with Gasteiger partial charge in [-0.3, -0.25) is 9.59 Å². The topological polar surface area (TPSA) is 78.9 Å². The number of methoxy groups -OCH3 is 1. The smallest absolute Gasteiger partial charge is 0.375 e. The molecule has 0 radical (unpaired) electrons. The van der Waals surface area contributed by atoms with Crippen molar-refractivity contribution in [2.75, 3.05) is 7.11 Å². The summed E-state index contributed by atoms with van der Waals surface area (Å²) in [6.07, 6.45) is -0.384. The molecule has 0 heterocycles. The zero-order chi connectivity index (χ0) is 17.5. The largest absolute Gasteiger partial charge is 0.497 e. The van der Waals surface area contributed by atoms with Gasteiger partial charge in [-0.05, 0) is 38.5 Å². The average molecular weight is 322 g/mol. The predicted molar refractivity (Wildman–Crippen MR) is 82.9 cm³/mol. The molecule has 0 N–H and O–H groups in total. The number of rotatable bonds is 7. The zero-order valence-electron chi connectivity index (χ0n) is 13.9. The van der Waals surface area contributed by atoms with Crippen LogP contribution >= 0.6 is 0 Å². The number of ether oxygens (including phenoxy) is 3. The van der Waals surface area contributed by atoms with Gasteiger partial charge in [-0.2, -0.15) is 0 Å². The van der Waals surface area contributed by atoms with Gasteiger partial charge in [0.1, 0.15) is 18.0 Å². The van der Waals surface area contributed by atoms with Gasteiger partial charge in [0, 0.05) is 6.42 Å². The van der Waals surface area contributed by atoms with Crippen LogP contribution < -0.4 is 4.74 Å². The summed E-state index contributed by atoms with van der Waals surface area (Å²) in [6.45, 7) is 5.10. The summed E-state index contributed by atoms with van der Waals surface area (Å²) in [5.74, 6) is -1.50. The second-order valence-corrected chi connectivity index (χ2v) is 5.93. The standard InChI is InChI=1S/C17H22O6/c1-17(2,3)23-16(20)14(18)9-10-15(19)22-11-12-5-7-13(21-4)8-6-12/h5-8H,9-11H2,1-4H3. The molecule has 1 aromatic carbocycles. The average Bonchev–Trinajstić information content (AvgIpc) is 2.49. The molecule has 0 spiro atoms. The Hall–Kier alpha value is -2.37. The van der Waals surface area contributed by atoms with E-state index in [1.54, 1.807) is 52.1 Å². The molecule has 1 rings (SSSR count). The predicted octanol–water partition coefficient (Wildman–Crippen LogP) is 2.43. The first kappa shape index (κ1) is 18.7. The number of hydrogen-bond acceptors (Lipinski definition) is 6. The van der Waals surface area contributed by atoms with Crippen LogP contribution in [-0.4, -0.2) is 30.4 Å². The molecule has 0 aliphatic rings. The van der Waals surface area contributed by atoms with E-state index in [0.29, 0.717) is 5.75 Å². The third-order valence-corrected chi connectivity index (χ3v) is 2.74. The van der Waals surface area contributed by atoms with Gasteiger partial charge in [0.2, 0.25) is 5.78 Å². The highest BCUT2D eigenvalue weighted by Crippen LogP contribution is 2.12. The van der Waals surface area contributed by atoms with E-state index in [1.165, 1.54) is 0 Å². The molecule has 0 saturated heterocycles. The number of carbonyl (C=O) groups is 3. The van der Waals surface area contributed by atoms with Crippen LogP contribution in [0.3, 0.4) is 0 Å². The summed E-state index contributed by atoms with van der Waals surface area (Å²) in [6, 6.07) is 7.07. The van der Waals surface area contributed by atoms with Crippen molar-refractivity contribution in [2.45, 2.75) is 45.8 Å². The molecule has 6 heteroatoms. The zero-order valence-corrected chi connectivity index (χ0v) is 13.9. The van der Waals surface area contributed by atoms with Gasteiger partial charge in [-0.1, -0.05) is 12.1 Å². The van der Waals surface area contributed by atoms with Crippen LogP contribution in [0.5, 0.6) is 5.75 Å². The van der Waals surface area contributed by atoms with Crippen molar-refractivity contribution in [1.29, 1.82) is 0 Å². The van der Waals surface area contributed by atoms with Gasteiger partial charge in [0.25, 0.3) is 0 Å². The lowest BCUT2D eigenvalue weighted by molar-refractivity contribution is -0.162. The molecule has 0 amide bonds. The molecule has 0 aliphatic carbocycles. The fraction of sp³-hybridized carbons (Fsp3) is 0.471. The van der Waals surface area contributed by atoms with Crippen molar-refractivity contribution in [3.8, 4) is 5.75 Å². The lowest BCUT2D eigenvalue weighted by atomic mass is 10.2. The maximum atomic E-state index is 11.6. The Morgan fingerprint density at radius 1 is 1.00 bits per heavy atom. The quantitative estimate of drug-likeness (QED) is 0.566. The molecule has 6 nitrogen and oxygen atoms in total. The van der Waals surface area contributed by atoms with Crippen molar-refractivity contribution in [2.24, 2.45) is 0 Å². The summed E-state index contributed by atoms with van der Waals surface area (Å²) >= 11 is 0. The van der Waals surface area contributed by atoms with Crippen molar-refractivity contribution < 1.29 is 28.6 Å². The summed E-state index contributed by atoms with van der Waals surface area (Å²) in [7, 11) is 1.57. The fourth-order valence-corrected chi connectivity index (χ4v) is 1.61. The van der Waals surface area contributed by atoms with Crippen LogP contribution in [0.15, 0.2) is 24.3 Å². The van der Waals surface area contributed by atoms with Gasteiger partial charge in [0.05, 0.1) is 13.5 Å². The molecular weight excluding hydrogens is 300 g/mol. The Labute approximate surface area is 135 Å². The molecule has 0 fully saturated rings. The highest BCUT2D eigenvalue weighted by atomic mass is 16.6. The van der Waals surface area contributed by atoms with Gasteiger partial charge in [-0.25, -0.2) is 4.79 Å². The van der Waals surface area contributed by atoms with Crippen LogP contribution in [0.1, 0.15) is 39.2 Å². The lowest BCUT2D eigenvalue weighted by Gasteiger charge is -2.18. The number of carbonyl (C=O) groups excluding carboxylic acids is 3. The number of benzene rings is 1. The summed E-state index contributed by atoms with van der Waals surface area (Å²) in [4.78, 5) is 34.6. The molecule has 23 heavy (non-hydrogen) atoms. The second-order valence-electron chi connectivity index (χ2n) is 5.93. The first-order valence-electron chi connectivity index (χ1n) is 7.26. The Balaban J connectivity index is 2.33. The Kier molecular flexibility index (Phi) is 6.75. The van der Waals surface area contributed by atoms with Gasteiger partial charge >= 0.3 is 11.9 Å². The van der Waals surface area contributed by atoms with E-state index in [4.69, 9.17) is 14.2 Å². The summed E-state index contributed by atoms with van der Waals surface area (Å²) in [5.41, 5.74) is 0.0688. The number of esters is 2. The van der Waals surface area contributed by atoms with E-state index in [0.717, 1.165) is 5.56 Å². The lowest BCUT2D eigenvalue weighted by Crippen LogP contribution is -2.29. The molecule has 0 atom stereocenters. The minimum atomic E-state index is -0.930. The van der Waals surface area contributed by atoms with Crippen LogP contribution in [0.2, 0.25) is 0 Å². The SMILES string of the molecule is COc1ccc(COC(=O)CCC(=O)C(=O)OC(C)(C)C)cc1. The fourth-order valence-electron chi connectivity index (χ4n) is 1.61. The Morgan fingerprint density at radius 2 is 1.61 bits per heavy atom. The number of ketones is 1. The van der Waals surface area contributed by atoms with Crippen molar-refractivity contribution in [1.82, 2.24) is 0 Å². The summed E-state index contributed by atoms with van der Waals surface area (Å²) < 4.78 is 15.0. The van der Waals surface area contributed by atoms with Crippen molar-refractivity contribution in [3.05, 3.63) is 29.8 Å². The molecule has 126 valence electrons. The maximum absolute atomic E-state index is 11.6. The van der Waals surface area contributed by atoms with E-state index < -0.39 is 23.3 Å². The van der Waals surface area contributed by atoms with E-state index in [2.05, 4.69) is 0 Å². The van der Waals surface area contributed by atoms with Crippen LogP contribution in [0, 0.1) is 0 Å². The van der Waals surface area contributed by atoms with Gasteiger partial charge in [0.15, 0.2) is 0 Å². The third kappa shape index (κ3) is 7.44. The first-order valence-corrected chi connectivity index (χ1v) is 7.26. The molecule has 0 unspecified atom stereocenters. The summed E-state index contributed by atoms with van der Waals surface area (Å²) in [5, 5.41) is 0. The number of Topliss-reactive ketones (excluding diaryl/α,β-unsaturated/α-hetero) is 1. The van der Waals surface area contributed by atoms with Crippen LogP contribution in [0.4, 0.5) is 0 Å². The molecule has 0 bridgehead atoms. The highest BCUT2D eigenvalue weighted by Gasteiger charge is 2.23. The second kappa shape index (κ2) is 8.31. The van der Waals surface area contributed by atoms with E-state index in [1.807, 2.05) is 0 Å². The highest BCUT2D eigenvalue weighted by molar-refractivity contribution is 6.33.